The number of carbonyl (C=O) groups excluding carboxylic acids is 1. The van der Waals surface area contributed by atoms with Gasteiger partial charge in [-0.15, -0.1) is 0 Å². The van der Waals surface area contributed by atoms with Crippen molar-refractivity contribution in [1.82, 2.24) is 4.98 Å². The van der Waals surface area contributed by atoms with Crippen LogP contribution in [0.2, 0.25) is 0 Å². The van der Waals surface area contributed by atoms with Crippen molar-refractivity contribution in [1.29, 1.82) is 0 Å². The van der Waals surface area contributed by atoms with Crippen molar-refractivity contribution in [2.75, 3.05) is 5.32 Å². The highest BCUT2D eigenvalue weighted by Crippen LogP contribution is 2.19. The summed E-state index contributed by atoms with van der Waals surface area (Å²) in [5, 5.41) is 2.93. The van der Waals surface area contributed by atoms with E-state index in [-0.39, 0.29) is 5.91 Å². The van der Waals surface area contributed by atoms with Crippen molar-refractivity contribution in [2.45, 2.75) is 13.8 Å². The fourth-order valence-electron chi connectivity index (χ4n) is 2.06. The summed E-state index contributed by atoms with van der Waals surface area (Å²) in [5.41, 5.74) is 4.89. The Balaban J connectivity index is 1.90. The van der Waals surface area contributed by atoms with Gasteiger partial charge in [-0.2, -0.15) is 0 Å². The lowest BCUT2D eigenvalue weighted by atomic mass is 10.1. The smallest absolute Gasteiger partial charge is 0.255 e. The third-order valence-corrected chi connectivity index (χ3v) is 3.23. The number of amides is 1. The fraction of sp³-hybridized carbons (Fsp3) is 0.125. The average molecular weight is 266 g/mol. The van der Waals surface area contributed by atoms with E-state index in [9.17, 15) is 4.79 Å². The molecule has 100 valence electrons. The number of aryl methyl sites for hydroxylation is 2. The number of aromatic nitrogens is 1. The molecular weight excluding hydrogens is 252 g/mol. The van der Waals surface area contributed by atoms with E-state index in [1.807, 2.05) is 32.0 Å². The highest BCUT2D eigenvalue weighted by molar-refractivity contribution is 6.06. The van der Waals surface area contributed by atoms with E-state index in [0.29, 0.717) is 16.7 Å². The molecule has 0 saturated heterocycles. The van der Waals surface area contributed by atoms with E-state index in [1.54, 1.807) is 18.2 Å². The van der Waals surface area contributed by atoms with E-state index in [0.717, 1.165) is 16.8 Å². The second-order valence-corrected chi connectivity index (χ2v) is 4.81. The average Bonchev–Trinajstić information content (AvgIpc) is 2.90. The van der Waals surface area contributed by atoms with E-state index < -0.39 is 0 Å². The minimum Gasteiger partial charge on any atom is -0.443 e. The number of nitrogens with one attached hydrogen (secondary N) is 1. The molecule has 0 atom stereocenters. The van der Waals surface area contributed by atoms with Crippen molar-refractivity contribution in [3.63, 3.8) is 0 Å². The van der Waals surface area contributed by atoms with Crippen molar-refractivity contribution in [3.05, 3.63) is 59.5 Å². The van der Waals surface area contributed by atoms with Crippen molar-refractivity contribution in [2.24, 2.45) is 0 Å². The van der Waals surface area contributed by atoms with Crippen molar-refractivity contribution in [3.8, 4) is 0 Å². The zero-order valence-electron chi connectivity index (χ0n) is 11.3. The number of fused-ring (bicyclic) bond motifs is 1. The molecule has 4 heteroatoms. The van der Waals surface area contributed by atoms with E-state index in [2.05, 4.69) is 10.3 Å². The third kappa shape index (κ3) is 2.28. The van der Waals surface area contributed by atoms with Crippen LogP contribution in [0, 0.1) is 13.8 Å². The molecule has 20 heavy (non-hydrogen) atoms. The molecule has 0 bridgehead atoms. The first-order valence-electron chi connectivity index (χ1n) is 6.35. The number of hydrogen-bond donors (Lipinski definition) is 1. The molecule has 0 radical (unpaired) electrons. The number of hydrogen-bond acceptors (Lipinski definition) is 3. The van der Waals surface area contributed by atoms with Gasteiger partial charge in [0.1, 0.15) is 5.52 Å². The fourth-order valence-corrected chi connectivity index (χ4v) is 2.06. The lowest BCUT2D eigenvalue weighted by molar-refractivity contribution is 0.102. The molecule has 0 unspecified atom stereocenters. The summed E-state index contributed by atoms with van der Waals surface area (Å²) in [6.07, 6.45) is 1.37. The van der Waals surface area contributed by atoms with Crippen LogP contribution in [-0.2, 0) is 0 Å². The minimum atomic E-state index is -0.149. The second kappa shape index (κ2) is 4.81. The number of rotatable bonds is 2. The Hall–Kier alpha value is -2.62. The Labute approximate surface area is 116 Å². The van der Waals surface area contributed by atoms with Crippen LogP contribution in [0.5, 0.6) is 0 Å². The molecule has 1 amide bonds. The summed E-state index contributed by atoms with van der Waals surface area (Å²) < 4.78 is 5.16. The predicted molar refractivity (Wildman–Crippen MR) is 77.9 cm³/mol. The molecule has 2 aromatic carbocycles. The van der Waals surface area contributed by atoms with Crippen LogP contribution in [0.4, 0.5) is 5.69 Å². The van der Waals surface area contributed by atoms with Crippen molar-refractivity contribution < 1.29 is 9.21 Å². The Morgan fingerprint density at radius 3 is 2.85 bits per heavy atom. The molecule has 1 heterocycles. The quantitative estimate of drug-likeness (QED) is 0.769. The summed E-state index contributed by atoms with van der Waals surface area (Å²) in [6, 6.07) is 11.2. The Bertz CT molecular complexity index is 790. The van der Waals surface area contributed by atoms with Crippen LogP contribution in [0.25, 0.3) is 11.1 Å². The highest BCUT2D eigenvalue weighted by atomic mass is 16.3. The maximum absolute atomic E-state index is 12.3. The number of anilines is 1. The predicted octanol–water partition coefficient (Wildman–Crippen LogP) is 3.70. The largest absolute Gasteiger partial charge is 0.443 e. The van der Waals surface area contributed by atoms with Crippen molar-refractivity contribution >= 4 is 22.7 Å². The Morgan fingerprint density at radius 2 is 2.00 bits per heavy atom. The lowest BCUT2D eigenvalue weighted by Crippen LogP contribution is -2.12. The maximum Gasteiger partial charge on any atom is 0.255 e. The highest BCUT2D eigenvalue weighted by Gasteiger charge is 2.10. The van der Waals surface area contributed by atoms with Crippen LogP contribution in [0.15, 0.2) is 47.2 Å². The van der Waals surface area contributed by atoms with Gasteiger partial charge in [0.15, 0.2) is 12.0 Å². The monoisotopic (exact) mass is 266 g/mol. The van der Waals surface area contributed by atoms with E-state index >= 15 is 0 Å². The molecule has 0 saturated carbocycles. The van der Waals surface area contributed by atoms with Gasteiger partial charge in [0.2, 0.25) is 0 Å². The second-order valence-electron chi connectivity index (χ2n) is 4.81. The maximum atomic E-state index is 12.3. The van der Waals surface area contributed by atoms with Gasteiger partial charge >= 0.3 is 0 Å². The van der Waals surface area contributed by atoms with Gasteiger partial charge < -0.3 is 9.73 Å². The van der Waals surface area contributed by atoms with Crippen LogP contribution in [0.1, 0.15) is 21.5 Å². The van der Waals surface area contributed by atoms with Gasteiger partial charge in [0, 0.05) is 11.3 Å². The zero-order chi connectivity index (χ0) is 14.1. The van der Waals surface area contributed by atoms with Crippen LogP contribution in [0.3, 0.4) is 0 Å². The summed E-state index contributed by atoms with van der Waals surface area (Å²) in [7, 11) is 0. The van der Waals surface area contributed by atoms with Gasteiger partial charge in [0.25, 0.3) is 5.91 Å². The molecular formula is C16H14N2O2. The molecule has 1 aromatic heterocycles. The topological polar surface area (TPSA) is 55.1 Å². The number of nitrogens with zero attached hydrogens (tertiary/aromatic N) is 1. The van der Waals surface area contributed by atoms with Crippen LogP contribution < -0.4 is 5.32 Å². The summed E-state index contributed by atoms with van der Waals surface area (Å²) in [5.74, 6) is -0.149. The first kappa shape index (κ1) is 12.4. The molecule has 0 fully saturated rings. The van der Waals surface area contributed by atoms with Gasteiger partial charge in [-0.1, -0.05) is 12.1 Å². The van der Waals surface area contributed by atoms with Gasteiger partial charge in [-0.25, -0.2) is 4.98 Å². The normalized spacial score (nSPS) is 10.7. The van der Waals surface area contributed by atoms with Gasteiger partial charge in [0.05, 0.1) is 0 Å². The third-order valence-electron chi connectivity index (χ3n) is 3.23. The van der Waals surface area contributed by atoms with Crippen LogP contribution in [-0.4, -0.2) is 10.9 Å². The Kier molecular flexibility index (Phi) is 2.99. The number of oxazole rings is 1. The lowest BCUT2D eigenvalue weighted by Gasteiger charge is -2.09. The SMILES string of the molecule is Cc1ccc(C)c(NC(=O)c2ccc3ocnc3c2)c1. The molecule has 0 spiro atoms. The van der Waals surface area contributed by atoms with Crippen LogP contribution >= 0.6 is 0 Å². The van der Waals surface area contributed by atoms with E-state index in [4.69, 9.17) is 4.42 Å². The first-order chi connectivity index (χ1) is 9.63. The Morgan fingerprint density at radius 1 is 1.15 bits per heavy atom. The summed E-state index contributed by atoms with van der Waals surface area (Å²) >= 11 is 0. The molecule has 1 N–H and O–H groups in total. The molecule has 0 aliphatic rings. The summed E-state index contributed by atoms with van der Waals surface area (Å²) in [6.45, 7) is 3.96. The number of benzene rings is 2. The van der Waals surface area contributed by atoms with Gasteiger partial charge in [-0.05, 0) is 49.2 Å². The molecule has 3 rings (SSSR count). The molecule has 4 nitrogen and oxygen atoms in total. The number of carbonyl (C=O) groups is 1. The molecule has 0 aliphatic carbocycles. The molecule has 3 aromatic rings. The van der Waals surface area contributed by atoms with Gasteiger partial charge in [-0.3, -0.25) is 4.79 Å². The van der Waals surface area contributed by atoms with E-state index in [1.165, 1.54) is 6.39 Å². The first-order valence-corrected chi connectivity index (χ1v) is 6.35. The summed E-state index contributed by atoms with van der Waals surface area (Å²) in [4.78, 5) is 16.3. The standard InChI is InChI=1S/C16H14N2O2/c1-10-3-4-11(2)13(7-10)18-16(19)12-5-6-15-14(8-12)17-9-20-15/h3-9H,1-2H3,(H,18,19). The molecule has 0 aliphatic heterocycles. The minimum absolute atomic E-state index is 0.149. The zero-order valence-corrected chi connectivity index (χ0v) is 11.3.